The van der Waals surface area contributed by atoms with Crippen LogP contribution in [0.15, 0.2) is 36.5 Å². The number of alkyl halides is 3. The van der Waals surface area contributed by atoms with Gasteiger partial charge in [0.25, 0.3) is 5.91 Å². The number of carbonyl (C=O) groups is 2. The summed E-state index contributed by atoms with van der Waals surface area (Å²) in [6, 6.07) is 8.67. The molecule has 0 radical (unpaired) electrons. The topological polar surface area (TPSA) is 97.5 Å². The standard InChI is InChI=1S/C19H19FN4O.C2HF3O2/c1-24(2)9-8-22-15-10-11(13-4-3-7-21-13)16-18-14(23-19(16)25)6-5-12(20)17(15)18;3-2(4,5)1(6)7/h3-7,10,21-22H,8-9H2,1-2H3,(H,23,25);(H,6,7). The Morgan fingerprint density at radius 1 is 1.19 bits per heavy atom. The average Bonchev–Trinajstić information content (AvgIpc) is 3.34. The first-order chi connectivity index (χ1) is 15.0. The lowest BCUT2D eigenvalue weighted by Crippen LogP contribution is -2.21. The van der Waals surface area contributed by atoms with Crippen molar-refractivity contribution in [1.82, 2.24) is 9.88 Å². The third kappa shape index (κ3) is 4.67. The minimum atomic E-state index is -5.08. The Kier molecular flexibility index (Phi) is 6.40. The SMILES string of the molecule is CN(C)CCNc1cc(-c2ccc[nH]2)c2c3c(ccc(F)c13)NC2=O.O=C(O)C(F)(F)F. The van der Waals surface area contributed by atoms with E-state index in [0.29, 0.717) is 34.3 Å². The van der Waals surface area contributed by atoms with Crippen LogP contribution in [-0.4, -0.2) is 60.2 Å². The van der Waals surface area contributed by atoms with Crippen LogP contribution < -0.4 is 10.6 Å². The van der Waals surface area contributed by atoms with Crippen LogP contribution in [0.1, 0.15) is 10.4 Å². The lowest BCUT2D eigenvalue weighted by Gasteiger charge is -2.16. The van der Waals surface area contributed by atoms with Crippen molar-refractivity contribution in [3.8, 4) is 11.3 Å². The van der Waals surface area contributed by atoms with Gasteiger partial charge in [-0.05, 0) is 44.4 Å². The maximum absolute atomic E-state index is 14.6. The molecule has 0 saturated carbocycles. The molecule has 0 saturated heterocycles. The van der Waals surface area contributed by atoms with Crippen molar-refractivity contribution in [1.29, 1.82) is 0 Å². The Morgan fingerprint density at radius 2 is 1.88 bits per heavy atom. The molecule has 1 aromatic heterocycles. The molecule has 4 N–H and O–H groups in total. The Morgan fingerprint density at radius 3 is 2.44 bits per heavy atom. The van der Waals surface area contributed by atoms with Gasteiger partial charge in [-0.3, -0.25) is 4.79 Å². The van der Waals surface area contributed by atoms with Gasteiger partial charge in [-0.25, -0.2) is 9.18 Å². The number of benzene rings is 2. The fourth-order valence-electron chi connectivity index (χ4n) is 3.31. The minimum absolute atomic E-state index is 0.199. The van der Waals surface area contributed by atoms with Gasteiger partial charge in [-0.2, -0.15) is 13.2 Å². The number of carbonyl (C=O) groups excluding carboxylic acids is 1. The van der Waals surface area contributed by atoms with E-state index in [9.17, 15) is 22.4 Å². The summed E-state index contributed by atoms with van der Waals surface area (Å²) in [6.45, 7) is 1.50. The van der Waals surface area contributed by atoms with Crippen LogP contribution in [0, 0.1) is 5.82 Å². The van der Waals surface area contributed by atoms with Crippen molar-refractivity contribution < 1.29 is 32.3 Å². The summed E-state index contributed by atoms with van der Waals surface area (Å²) in [7, 11) is 3.98. The Balaban J connectivity index is 0.000000360. The van der Waals surface area contributed by atoms with Gasteiger partial charge in [0, 0.05) is 52.7 Å². The lowest BCUT2D eigenvalue weighted by atomic mass is 9.96. The van der Waals surface area contributed by atoms with Gasteiger partial charge in [0.15, 0.2) is 0 Å². The van der Waals surface area contributed by atoms with Gasteiger partial charge >= 0.3 is 12.1 Å². The van der Waals surface area contributed by atoms with Gasteiger partial charge < -0.3 is 25.6 Å². The quantitative estimate of drug-likeness (QED) is 0.436. The zero-order valence-corrected chi connectivity index (χ0v) is 17.1. The van der Waals surface area contributed by atoms with Crippen molar-refractivity contribution in [3.05, 3.63) is 47.9 Å². The highest BCUT2D eigenvalue weighted by Crippen LogP contribution is 2.43. The zero-order chi connectivity index (χ0) is 23.6. The highest BCUT2D eigenvalue weighted by molar-refractivity contribution is 6.28. The van der Waals surface area contributed by atoms with Crippen molar-refractivity contribution >= 4 is 34.0 Å². The van der Waals surface area contributed by atoms with Crippen LogP contribution in [-0.2, 0) is 4.79 Å². The fraction of sp³-hybridized carbons (Fsp3) is 0.238. The predicted molar refractivity (Wildman–Crippen MR) is 112 cm³/mol. The van der Waals surface area contributed by atoms with Gasteiger partial charge in [0.2, 0.25) is 0 Å². The number of hydrogen-bond donors (Lipinski definition) is 4. The van der Waals surface area contributed by atoms with E-state index < -0.39 is 12.1 Å². The number of halogens is 4. The van der Waals surface area contributed by atoms with E-state index in [2.05, 4.69) is 20.5 Å². The van der Waals surface area contributed by atoms with Crippen LogP contribution >= 0.6 is 0 Å². The fourth-order valence-corrected chi connectivity index (χ4v) is 3.31. The number of nitrogens with one attached hydrogen (secondary N) is 3. The number of likely N-dealkylation sites (N-methyl/N-ethyl adjacent to an activating group) is 1. The second kappa shape index (κ2) is 8.87. The van der Waals surface area contributed by atoms with Crippen LogP contribution in [0.2, 0.25) is 0 Å². The van der Waals surface area contributed by atoms with E-state index in [1.807, 2.05) is 38.5 Å². The number of amides is 1. The summed E-state index contributed by atoms with van der Waals surface area (Å²) in [5.41, 5.74) is 3.47. The summed E-state index contributed by atoms with van der Waals surface area (Å²) >= 11 is 0. The van der Waals surface area contributed by atoms with Crippen molar-refractivity contribution in [2.75, 3.05) is 37.8 Å². The molecule has 0 unspecified atom stereocenters. The molecule has 4 rings (SSSR count). The Hall–Kier alpha value is -3.60. The number of aliphatic carboxylic acids is 1. The molecular formula is C21H20F4N4O3. The Bertz CT molecular complexity index is 1160. The van der Waals surface area contributed by atoms with E-state index in [1.54, 1.807) is 6.07 Å². The maximum atomic E-state index is 14.6. The summed E-state index contributed by atoms with van der Waals surface area (Å²) in [5, 5.41) is 14.4. The van der Waals surface area contributed by atoms with Gasteiger partial charge in [-0.1, -0.05) is 0 Å². The number of carboxylic acids is 1. The highest BCUT2D eigenvalue weighted by Gasteiger charge is 2.38. The Labute approximate surface area is 180 Å². The number of aromatic nitrogens is 1. The number of carboxylic acid groups (broad SMARTS) is 1. The average molecular weight is 452 g/mol. The van der Waals surface area contributed by atoms with Crippen LogP contribution in [0.25, 0.3) is 22.0 Å². The zero-order valence-electron chi connectivity index (χ0n) is 17.1. The highest BCUT2D eigenvalue weighted by atomic mass is 19.4. The molecule has 2 aromatic carbocycles. The first-order valence-corrected chi connectivity index (χ1v) is 9.43. The van der Waals surface area contributed by atoms with Crippen LogP contribution in [0.3, 0.4) is 0 Å². The molecule has 32 heavy (non-hydrogen) atoms. The molecule has 1 aliphatic heterocycles. The normalized spacial score (nSPS) is 12.5. The van der Waals surface area contributed by atoms with Crippen LogP contribution in [0.5, 0.6) is 0 Å². The van der Waals surface area contributed by atoms with E-state index in [1.165, 1.54) is 6.07 Å². The molecule has 1 amide bonds. The first-order valence-electron chi connectivity index (χ1n) is 9.43. The molecule has 11 heteroatoms. The third-order valence-electron chi connectivity index (χ3n) is 4.71. The molecule has 2 heterocycles. The summed E-state index contributed by atoms with van der Waals surface area (Å²) in [4.78, 5) is 26.6. The monoisotopic (exact) mass is 452 g/mol. The van der Waals surface area contributed by atoms with E-state index >= 15 is 0 Å². The molecule has 0 aliphatic carbocycles. The second-order valence-corrected chi connectivity index (χ2v) is 7.26. The number of rotatable bonds is 5. The van der Waals surface area contributed by atoms with E-state index in [0.717, 1.165) is 17.8 Å². The van der Waals surface area contributed by atoms with Gasteiger partial charge in [-0.15, -0.1) is 0 Å². The summed E-state index contributed by atoms with van der Waals surface area (Å²) in [5.74, 6) is -3.29. The molecule has 0 spiro atoms. The lowest BCUT2D eigenvalue weighted by molar-refractivity contribution is -0.192. The number of nitrogens with zero attached hydrogens (tertiary/aromatic N) is 1. The predicted octanol–water partition coefficient (Wildman–Crippen LogP) is 4.15. The first kappa shape index (κ1) is 23.1. The van der Waals surface area contributed by atoms with Gasteiger partial charge in [0.1, 0.15) is 5.82 Å². The molecular weight excluding hydrogens is 432 g/mol. The largest absolute Gasteiger partial charge is 0.490 e. The number of hydrogen-bond acceptors (Lipinski definition) is 4. The molecule has 1 aliphatic rings. The summed E-state index contributed by atoms with van der Waals surface area (Å²) in [6.07, 6.45) is -3.27. The van der Waals surface area contributed by atoms with Crippen molar-refractivity contribution in [3.63, 3.8) is 0 Å². The number of H-pyrrole nitrogens is 1. The second-order valence-electron chi connectivity index (χ2n) is 7.26. The van der Waals surface area contributed by atoms with E-state index in [4.69, 9.17) is 9.90 Å². The van der Waals surface area contributed by atoms with Gasteiger partial charge in [0.05, 0.1) is 5.56 Å². The van der Waals surface area contributed by atoms with Crippen LogP contribution in [0.4, 0.5) is 28.9 Å². The van der Waals surface area contributed by atoms with Crippen molar-refractivity contribution in [2.24, 2.45) is 0 Å². The number of anilines is 2. The summed E-state index contributed by atoms with van der Waals surface area (Å²) < 4.78 is 46.4. The maximum Gasteiger partial charge on any atom is 0.490 e. The smallest absolute Gasteiger partial charge is 0.475 e. The molecule has 7 nitrogen and oxygen atoms in total. The molecule has 0 fully saturated rings. The van der Waals surface area contributed by atoms with E-state index in [-0.39, 0.29) is 11.7 Å². The minimum Gasteiger partial charge on any atom is -0.475 e. The van der Waals surface area contributed by atoms with Crippen molar-refractivity contribution in [2.45, 2.75) is 6.18 Å². The molecule has 170 valence electrons. The number of aromatic amines is 1. The molecule has 3 aromatic rings. The molecule has 0 atom stereocenters. The third-order valence-corrected chi connectivity index (χ3v) is 4.71. The molecule has 0 bridgehead atoms.